The summed E-state index contributed by atoms with van der Waals surface area (Å²) in [4.78, 5) is 28.8. The van der Waals surface area contributed by atoms with E-state index in [0.29, 0.717) is 20.6 Å². The van der Waals surface area contributed by atoms with Crippen LogP contribution in [-0.2, 0) is 26.2 Å². The molecule has 1 aliphatic carbocycles. The van der Waals surface area contributed by atoms with Gasteiger partial charge in [-0.3, -0.25) is 13.9 Å². The Balaban J connectivity index is 1.69. The number of benzene rings is 3. The lowest BCUT2D eigenvalue weighted by Gasteiger charge is -2.33. The van der Waals surface area contributed by atoms with E-state index in [1.807, 2.05) is 0 Å². The number of nitrogens with one attached hydrogen (secondary N) is 1. The summed E-state index contributed by atoms with van der Waals surface area (Å²) in [7, 11) is -4.17. The van der Waals surface area contributed by atoms with Gasteiger partial charge in [0.1, 0.15) is 12.6 Å². The number of rotatable bonds is 10. The van der Waals surface area contributed by atoms with Crippen LogP contribution in [0.4, 0.5) is 5.69 Å². The van der Waals surface area contributed by atoms with Crippen molar-refractivity contribution in [2.45, 2.75) is 62.6 Å². The highest BCUT2D eigenvalue weighted by Gasteiger charge is 2.33. The highest BCUT2D eigenvalue weighted by Crippen LogP contribution is 2.28. The smallest absolute Gasteiger partial charge is 0.264 e. The predicted molar refractivity (Wildman–Crippen MR) is 164 cm³/mol. The van der Waals surface area contributed by atoms with Gasteiger partial charge in [0.05, 0.1) is 10.6 Å². The Morgan fingerprint density at radius 3 is 2.24 bits per heavy atom. The fraction of sp³-hybridized carbons (Fsp3) is 0.333. The van der Waals surface area contributed by atoms with E-state index in [2.05, 4.69) is 5.32 Å². The van der Waals surface area contributed by atoms with Crippen molar-refractivity contribution in [2.75, 3.05) is 10.8 Å². The Bertz CT molecular complexity index is 1480. The predicted octanol–water partition coefficient (Wildman–Crippen LogP) is 6.71. The van der Waals surface area contributed by atoms with Crippen LogP contribution in [0.1, 0.15) is 44.6 Å². The van der Waals surface area contributed by atoms with Crippen molar-refractivity contribution in [3.63, 3.8) is 0 Å². The van der Waals surface area contributed by atoms with Gasteiger partial charge in [0.2, 0.25) is 11.8 Å². The quantitative estimate of drug-likeness (QED) is 0.268. The lowest BCUT2D eigenvalue weighted by molar-refractivity contribution is -0.139. The molecule has 0 saturated heterocycles. The van der Waals surface area contributed by atoms with Crippen molar-refractivity contribution in [1.29, 1.82) is 0 Å². The number of amides is 2. The molecule has 2 amide bonds. The third kappa shape index (κ3) is 7.95. The third-order valence-electron chi connectivity index (χ3n) is 7.18. The van der Waals surface area contributed by atoms with Crippen LogP contribution in [0, 0.1) is 0 Å². The SMILES string of the molecule is CC(C(=O)NC1CCCCC1)N(Cc1ccc(Cl)cc1Cl)C(=O)CN(c1cccc(Cl)c1)S(=O)(=O)c1ccccc1. The van der Waals surface area contributed by atoms with Gasteiger partial charge in [-0.25, -0.2) is 8.42 Å². The van der Waals surface area contributed by atoms with Gasteiger partial charge in [-0.15, -0.1) is 0 Å². The third-order valence-corrected chi connectivity index (χ3v) is 9.79. The first-order valence-electron chi connectivity index (χ1n) is 13.4. The minimum absolute atomic E-state index is 0.0168. The van der Waals surface area contributed by atoms with E-state index in [4.69, 9.17) is 34.8 Å². The molecular formula is C30H32Cl3N3O4S. The van der Waals surface area contributed by atoms with E-state index in [1.165, 1.54) is 23.1 Å². The molecule has 41 heavy (non-hydrogen) atoms. The summed E-state index contributed by atoms with van der Waals surface area (Å²) in [6.07, 6.45) is 4.97. The second kappa shape index (κ2) is 13.9. The average molecular weight is 637 g/mol. The lowest BCUT2D eigenvalue weighted by atomic mass is 9.95. The normalized spacial score (nSPS) is 14.7. The van der Waals surface area contributed by atoms with E-state index in [0.717, 1.165) is 36.4 Å². The molecule has 0 spiro atoms. The topological polar surface area (TPSA) is 86.8 Å². The molecule has 3 aromatic carbocycles. The molecule has 1 saturated carbocycles. The molecule has 4 rings (SSSR count). The Labute approximate surface area is 256 Å². The number of carbonyl (C=O) groups is 2. The van der Waals surface area contributed by atoms with Gasteiger partial charge >= 0.3 is 0 Å². The molecule has 1 fully saturated rings. The Morgan fingerprint density at radius 1 is 0.902 bits per heavy atom. The molecule has 218 valence electrons. The number of sulfonamides is 1. The maximum Gasteiger partial charge on any atom is 0.264 e. The summed E-state index contributed by atoms with van der Waals surface area (Å²) < 4.78 is 28.6. The van der Waals surface area contributed by atoms with Crippen LogP contribution in [0.2, 0.25) is 15.1 Å². The molecule has 7 nitrogen and oxygen atoms in total. The molecule has 1 unspecified atom stereocenters. The van der Waals surface area contributed by atoms with E-state index in [1.54, 1.807) is 61.5 Å². The Kier molecular flexibility index (Phi) is 10.6. The van der Waals surface area contributed by atoms with Crippen LogP contribution >= 0.6 is 34.8 Å². The fourth-order valence-corrected chi connectivity index (χ4v) is 6.94. The van der Waals surface area contributed by atoms with Gasteiger partial charge in [0, 0.05) is 27.7 Å². The molecular weight excluding hydrogens is 605 g/mol. The zero-order chi connectivity index (χ0) is 29.6. The molecule has 0 aliphatic heterocycles. The molecule has 1 N–H and O–H groups in total. The Hall–Kier alpha value is -2.78. The van der Waals surface area contributed by atoms with Crippen LogP contribution in [0.5, 0.6) is 0 Å². The van der Waals surface area contributed by atoms with Crippen molar-refractivity contribution in [1.82, 2.24) is 10.2 Å². The monoisotopic (exact) mass is 635 g/mol. The van der Waals surface area contributed by atoms with Gasteiger partial charge in [0.15, 0.2) is 0 Å². The van der Waals surface area contributed by atoms with E-state index in [9.17, 15) is 18.0 Å². The minimum Gasteiger partial charge on any atom is -0.352 e. The van der Waals surface area contributed by atoms with Gasteiger partial charge < -0.3 is 10.2 Å². The molecule has 0 radical (unpaired) electrons. The highest BCUT2D eigenvalue weighted by molar-refractivity contribution is 7.92. The number of carbonyl (C=O) groups excluding carboxylic acids is 2. The van der Waals surface area contributed by atoms with Crippen LogP contribution in [-0.4, -0.2) is 43.8 Å². The van der Waals surface area contributed by atoms with Gasteiger partial charge in [-0.05, 0) is 67.8 Å². The fourth-order valence-electron chi connectivity index (χ4n) is 4.86. The lowest BCUT2D eigenvalue weighted by Crippen LogP contribution is -2.53. The van der Waals surface area contributed by atoms with Gasteiger partial charge in [-0.1, -0.05) is 84.4 Å². The van der Waals surface area contributed by atoms with Gasteiger partial charge in [-0.2, -0.15) is 0 Å². The van der Waals surface area contributed by atoms with Crippen LogP contribution in [0.15, 0.2) is 77.7 Å². The van der Waals surface area contributed by atoms with E-state index < -0.39 is 28.5 Å². The minimum atomic E-state index is -4.17. The van der Waals surface area contributed by atoms with E-state index in [-0.39, 0.29) is 29.1 Å². The number of halogens is 3. The summed E-state index contributed by atoms with van der Waals surface area (Å²) in [5, 5.41) is 4.15. The first-order valence-corrected chi connectivity index (χ1v) is 16.0. The number of anilines is 1. The molecule has 1 atom stereocenters. The van der Waals surface area contributed by atoms with Gasteiger partial charge in [0.25, 0.3) is 10.0 Å². The first-order chi connectivity index (χ1) is 19.6. The summed E-state index contributed by atoms with van der Waals surface area (Å²) in [5.41, 5.74) is 0.792. The summed E-state index contributed by atoms with van der Waals surface area (Å²) in [6, 6.07) is 18.2. The maximum atomic E-state index is 14.0. The summed E-state index contributed by atoms with van der Waals surface area (Å²) in [5.74, 6) is -0.891. The number of nitrogens with zero attached hydrogens (tertiary/aromatic N) is 2. The summed E-state index contributed by atoms with van der Waals surface area (Å²) in [6.45, 7) is 1.04. The second-order valence-corrected chi connectivity index (χ2v) is 13.2. The zero-order valence-corrected chi connectivity index (χ0v) is 25.7. The second-order valence-electron chi connectivity index (χ2n) is 10.1. The van der Waals surface area contributed by atoms with E-state index >= 15 is 0 Å². The first kappa shape index (κ1) is 31.2. The molecule has 0 heterocycles. The van der Waals surface area contributed by atoms with Crippen LogP contribution in [0.3, 0.4) is 0 Å². The number of hydrogen-bond donors (Lipinski definition) is 1. The standard InChI is InChI=1S/C30H32Cl3N3O4S/c1-21(30(38)34-25-10-4-2-5-11-25)35(19-22-15-16-24(32)18-28(22)33)29(37)20-36(26-12-8-9-23(31)17-26)41(39,40)27-13-6-3-7-14-27/h3,6-9,12-18,21,25H,2,4-5,10-11,19-20H2,1H3,(H,34,38). The molecule has 0 bridgehead atoms. The zero-order valence-electron chi connectivity index (χ0n) is 22.6. The molecule has 11 heteroatoms. The largest absolute Gasteiger partial charge is 0.352 e. The molecule has 3 aromatic rings. The van der Waals surface area contributed by atoms with Crippen molar-refractivity contribution >= 4 is 62.3 Å². The van der Waals surface area contributed by atoms with Crippen LogP contribution < -0.4 is 9.62 Å². The van der Waals surface area contributed by atoms with Crippen LogP contribution in [0.25, 0.3) is 0 Å². The van der Waals surface area contributed by atoms with Crippen molar-refractivity contribution in [3.05, 3.63) is 93.4 Å². The molecule has 0 aromatic heterocycles. The van der Waals surface area contributed by atoms with Crippen molar-refractivity contribution in [2.24, 2.45) is 0 Å². The maximum absolute atomic E-state index is 14.0. The highest BCUT2D eigenvalue weighted by atomic mass is 35.5. The van der Waals surface area contributed by atoms with Crippen molar-refractivity contribution < 1.29 is 18.0 Å². The van der Waals surface area contributed by atoms with Crippen molar-refractivity contribution in [3.8, 4) is 0 Å². The average Bonchev–Trinajstić information content (AvgIpc) is 2.96. The number of hydrogen-bond acceptors (Lipinski definition) is 4. The Morgan fingerprint density at radius 2 is 1.59 bits per heavy atom. The molecule has 1 aliphatic rings. The summed E-state index contributed by atoms with van der Waals surface area (Å²) >= 11 is 18.7.